The molecule has 1 unspecified atom stereocenters. The number of nitrogens with one attached hydrogen (secondary N) is 1. The molecule has 0 aliphatic carbocycles. The zero-order valence-electron chi connectivity index (χ0n) is 9.28. The molecule has 5 heteroatoms. The number of likely N-dealkylation sites (N-methyl/N-ethyl adjacent to an activating group) is 1. The smallest absolute Gasteiger partial charge is 0.324 e. The third-order valence-corrected chi connectivity index (χ3v) is 3.21. The summed E-state index contributed by atoms with van der Waals surface area (Å²) >= 11 is 0. The highest BCUT2D eigenvalue weighted by molar-refractivity contribution is 5.76. The number of carbonyl (C=O) groups is 1. The summed E-state index contributed by atoms with van der Waals surface area (Å²) in [5, 5.41) is 3.02. The van der Waals surface area contributed by atoms with E-state index in [-0.39, 0.29) is 12.0 Å². The molecule has 15 heavy (non-hydrogen) atoms. The fraction of sp³-hybridized carbons (Fsp3) is 0.900. The van der Waals surface area contributed by atoms with Crippen LogP contribution < -0.4 is 5.32 Å². The predicted octanol–water partition coefficient (Wildman–Crippen LogP) is -0.920. The van der Waals surface area contributed by atoms with Crippen LogP contribution in [0.5, 0.6) is 0 Å². The first-order valence-electron chi connectivity index (χ1n) is 5.25. The first kappa shape index (κ1) is 10.9. The third kappa shape index (κ3) is 1.87. The first-order valence-corrected chi connectivity index (χ1v) is 5.25. The van der Waals surface area contributed by atoms with Crippen molar-refractivity contribution in [2.75, 3.05) is 47.0 Å². The number of likely N-dealkylation sites (tertiary alicyclic amines) is 1. The second-order valence-corrected chi connectivity index (χ2v) is 4.49. The molecule has 2 aliphatic heterocycles. The van der Waals surface area contributed by atoms with Crippen LogP contribution in [-0.4, -0.2) is 63.9 Å². The Bertz CT molecular complexity index is 245. The van der Waals surface area contributed by atoms with Gasteiger partial charge in [0.15, 0.2) is 0 Å². The van der Waals surface area contributed by atoms with Crippen molar-refractivity contribution in [3.63, 3.8) is 0 Å². The third-order valence-electron chi connectivity index (χ3n) is 3.21. The zero-order valence-corrected chi connectivity index (χ0v) is 9.28. The highest BCUT2D eigenvalue weighted by Crippen LogP contribution is 2.38. The normalized spacial score (nSPS) is 25.5. The summed E-state index contributed by atoms with van der Waals surface area (Å²) in [6, 6.07) is -0.147. The topological polar surface area (TPSA) is 50.8 Å². The van der Waals surface area contributed by atoms with Crippen LogP contribution in [0.25, 0.3) is 0 Å². The van der Waals surface area contributed by atoms with Crippen LogP contribution in [0.3, 0.4) is 0 Å². The number of esters is 1. The maximum atomic E-state index is 11.5. The molecule has 86 valence electrons. The van der Waals surface area contributed by atoms with E-state index >= 15 is 0 Å². The highest BCUT2D eigenvalue weighted by atomic mass is 16.5. The minimum absolute atomic E-state index is 0.147. The Kier molecular flexibility index (Phi) is 2.95. The van der Waals surface area contributed by atoms with E-state index in [2.05, 4.69) is 10.2 Å². The Morgan fingerprint density at radius 1 is 1.60 bits per heavy atom. The van der Waals surface area contributed by atoms with Gasteiger partial charge in [-0.05, 0) is 7.05 Å². The van der Waals surface area contributed by atoms with Crippen LogP contribution in [0.15, 0.2) is 0 Å². The van der Waals surface area contributed by atoms with Crippen molar-refractivity contribution in [1.29, 1.82) is 0 Å². The van der Waals surface area contributed by atoms with Gasteiger partial charge in [-0.15, -0.1) is 0 Å². The standard InChI is InChI=1S/C10H18N2O3/c1-11-3-8(9(13)14-2)12-4-10(5-12)6-15-7-10/h8,11H,3-7H2,1-2H3. The van der Waals surface area contributed by atoms with Gasteiger partial charge < -0.3 is 14.8 Å². The molecule has 0 saturated carbocycles. The van der Waals surface area contributed by atoms with Crippen molar-refractivity contribution in [3.8, 4) is 0 Å². The molecule has 0 aromatic rings. The Labute approximate surface area is 89.7 Å². The molecule has 2 rings (SSSR count). The molecular weight excluding hydrogens is 196 g/mol. The van der Waals surface area contributed by atoms with Gasteiger partial charge >= 0.3 is 5.97 Å². The molecule has 5 nitrogen and oxygen atoms in total. The van der Waals surface area contributed by atoms with Crippen molar-refractivity contribution in [3.05, 3.63) is 0 Å². The number of rotatable bonds is 4. The lowest BCUT2D eigenvalue weighted by Crippen LogP contribution is -2.70. The molecule has 2 aliphatic rings. The summed E-state index contributed by atoms with van der Waals surface area (Å²) < 4.78 is 9.99. The molecule has 1 spiro atoms. The molecule has 0 aromatic heterocycles. The van der Waals surface area contributed by atoms with Gasteiger partial charge in [0.05, 0.1) is 20.3 Å². The van der Waals surface area contributed by atoms with Crippen LogP contribution in [0.2, 0.25) is 0 Å². The highest BCUT2D eigenvalue weighted by Gasteiger charge is 2.51. The van der Waals surface area contributed by atoms with Crippen LogP contribution in [-0.2, 0) is 14.3 Å². The number of hydrogen-bond acceptors (Lipinski definition) is 5. The lowest BCUT2D eigenvalue weighted by atomic mass is 9.77. The Balaban J connectivity index is 1.87. The van der Waals surface area contributed by atoms with Crippen molar-refractivity contribution in [2.45, 2.75) is 6.04 Å². The Morgan fingerprint density at radius 3 is 2.67 bits per heavy atom. The lowest BCUT2D eigenvalue weighted by molar-refractivity contribution is -0.203. The number of carbonyl (C=O) groups excluding carboxylic acids is 1. The van der Waals surface area contributed by atoms with Gasteiger partial charge in [0, 0.05) is 25.0 Å². The van der Waals surface area contributed by atoms with Crippen LogP contribution >= 0.6 is 0 Å². The van der Waals surface area contributed by atoms with E-state index in [1.54, 1.807) is 0 Å². The molecule has 0 radical (unpaired) electrons. The van der Waals surface area contributed by atoms with Crippen LogP contribution in [0, 0.1) is 5.41 Å². The largest absolute Gasteiger partial charge is 0.468 e. The summed E-state index contributed by atoms with van der Waals surface area (Å²) in [5.41, 5.74) is 0.347. The van der Waals surface area contributed by atoms with Crippen molar-refractivity contribution >= 4 is 5.97 Å². The SMILES string of the molecule is CNCC(C(=O)OC)N1CC2(COC2)C1. The molecular formula is C10H18N2O3. The average Bonchev–Trinajstić information content (AvgIpc) is 2.10. The molecule has 1 atom stereocenters. The average molecular weight is 214 g/mol. The quantitative estimate of drug-likeness (QED) is 0.613. The van der Waals surface area contributed by atoms with E-state index in [4.69, 9.17) is 9.47 Å². The Hall–Kier alpha value is -0.650. The summed E-state index contributed by atoms with van der Waals surface area (Å²) in [6.45, 7) is 4.24. The van der Waals surface area contributed by atoms with Gasteiger partial charge in [0.25, 0.3) is 0 Å². The van der Waals surface area contributed by atoms with Crippen LogP contribution in [0.1, 0.15) is 0 Å². The van der Waals surface area contributed by atoms with E-state index in [0.29, 0.717) is 12.0 Å². The van der Waals surface area contributed by atoms with Crippen molar-refractivity contribution < 1.29 is 14.3 Å². The number of hydrogen-bond donors (Lipinski definition) is 1. The molecule has 0 aromatic carbocycles. The fourth-order valence-electron chi connectivity index (χ4n) is 2.30. The maximum Gasteiger partial charge on any atom is 0.324 e. The molecule has 1 N–H and O–H groups in total. The summed E-state index contributed by atoms with van der Waals surface area (Å²) in [7, 11) is 3.28. The van der Waals surface area contributed by atoms with E-state index in [9.17, 15) is 4.79 Å². The van der Waals surface area contributed by atoms with Gasteiger partial charge in [-0.2, -0.15) is 0 Å². The minimum Gasteiger partial charge on any atom is -0.468 e. The fourth-order valence-corrected chi connectivity index (χ4v) is 2.30. The zero-order chi connectivity index (χ0) is 10.9. The number of ether oxygens (including phenoxy) is 2. The first-order chi connectivity index (χ1) is 7.21. The second-order valence-electron chi connectivity index (χ2n) is 4.49. The number of nitrogens with zero attached hydrogens (tertiary/aromatic N) is 1. The summed E-state index contributed by atoms with van der Waals surface area (Å²) in [4.78, 5) is 13.7. The lowest BCUT2D eigenvalue weighted by Gasteiger charge is -2.56. The van der Waals surface area contributed by atoms with E-state index in [0.717, 1.165) is 26.3 Å². The van der Waals surface area contributed by atoms with E-state index in [1.165, 1.54) is 7.11 Å². The van der Waals surface area contributed by atoms with Gasteiger partial charge in [0.2, 0.25) is 0 Å². The molecule has 0 bridgehead atoms. The maximum absolute atomic E-state index is 11.5. The summed E-state index contributed by atoms with van der Waals surface area (Å²) in [5.74, 6) is -0.153. The molecule has 2 saturated heterocycles. The van der Waals surface area contributed by atoms with E-state index in [1.807, 2.05) is 7.05 Å². The predicted molar refractivity (Wildman–Crippen MR) is 54.6 cm³/mol. The summed E-state index contributed by atoms with van der Waals surface area (Å²) in [6.07, 6.45) is 0. The van der Waals surface area contributed by atoms with Crippen LogP contribution in [0.4, 0.5) is 0 Å². The number of methoxy groups -OCH3 is 1. The van der Waals surface area contributed by atoms with E-state index < -0.39 is 0 Å². The second kappa shape index (κ2) is 4.08. The molecule has 2 fully saturated rings. The van der Waals surface area contributed by atoms with Gasteiger partial charge in [0.1, 0.15) is 6.04 Å². The molecule has 2 heterocycles. The van der Waals surface area contributed by atoms with Crippen molar-refractivity contribution in [1.82, 2.24) is 10.2 Å². The minimum atomic E-state index is -0.153. The van der Waals surface area contributed by atoms with Gasteiger partial charge in [-0.1, -0.05) is 0 Å². The van der Waals surface area contributed by atoms with Crippen molar-refractivity contribution in [2.24, 2.45) is 5.41 Å². The molecule has 0 amide bonds. The van der Waals surface area contributed by atoms with Gasteiger partial charge in [-0.25, -0.2) is 0 Å². The monoisotopic (exact) mass is 214 g/mol. The van der Waals surface area contributed by atoms with Gasteiger partial charge in [-0.3, -0.25) is 9.69 Å². The Morgan fingerprint density at radius 2 is 2.27 bits per heavy atom.